The second-order valence-electron chi connectivity index (χ2n) is 6.27. The third kappa shape index (κ3) is 5.54. The van der Waals surface area contributed by atoms with Gasteiger partial charge in [0, 0.05) is 37.2 Å². The third-order valence-electron chi connectivity index (χ3n) is 3.77. The summed E-state index contributed by atoms with van der Waals surface area (Å²) in [6.45, 7) is 6.65. The van der Waals surface area contributed by atoms with E-state index in [2.05, 4.69) is 22.5 Å². The van der Waals surface area contributed by atoms with Crippen molar-refractivity contribution in [2.75, 3.05) is 6.54 Å². The van der Waals surface area contributed by atoms with Gasteiger partial charge in [-0.05, 0) is 32.3 Å². The molecule has 0 saturated heterocycles. The van der Waals surface area contributed by atoms with Gasteiger partial charge in [0.1, 0.15) is 0 Å². The molecule has 6 nitrogen and oxygen atoms in total. The van der Waals surface area contributed by atoms with Crippen LogP contribution in [-0.2, 0) is 16.1 Å². The smallest absolute Gasteiger partial charge is 0.223 e. The van der Waals surface area contributed by atoms with E-state index in [9.17, 15) is 9.59 Å². The normalized spacial score (nSPS) is 19.3. The molecule has 2 N–H and O–H groups in total. The highest BCUT2D eigenvalue weighted by molar-refractivity contribution is 5.82. The number of nitrogens with zero attached hydrogens (tertiary/aromatic N) is 1. The van der Waals surface area contributed by atoms with Crippen molar-refractivity contribution in [1.82, 2.24) is 15.6 Å². The van der Waals surface area contributed by atoms with Crippen LogP contribution >= 0.6 is 0 Å². The Bertz CT molecular complexity index is 560. The van der Waals surface area contributed by atoms with Crippen LogP contribution in [0, 0.1) is 11.8 Å². The molecule has 23 heavy (non-hydrogen) atoms. The summed E-state index contributed by atoms with van der Waals surface area (Å²) in [7, 11) is 0. The van der Waals surface area contributed by atoms with Gasteiger partial charge in [-0.25, -0.2) is 4.98 Å². The van der Waals surface area contributed by atoms with Gasteiger partial charge in [0.25, 0.3) is 0 Å². The van der Waals surface area contributed by atoms with Gasteiger partial charge >= 0.3 is 0 Å². The zero-order valence-corrected chi connectivity index (χ0v) is 14.0. The molecule has 126 valence electrons. The Hall–Kier alpha value is -2.11. The number of aromatic nitrogens is 1. The molecule has 1 aromatic rings. The molecule has 1 fully saturated rings. The number of ether oxygens (including phenoxy) is 1. The predicted molar refractivity (Wildman–Crippen MR) is 86.7 cm³/mol. The minimum absolute atomic E-state index is 0.0272. The van der Waals surface area contributed by atoms with Gasteiger partial charge in [-0.1, -0.05) is 13.0 Å². The Balaban J connectivity index is 1.71. The van der Waals surface area contributed by atoms with Crippen LogP contribution in [-0.4, -0.2) is 29.4 Å². The van der Waals surface area contributed by atoms with Crippen molar-refractivity contribution in [3.8, 4) is 5.88 Å². The van der Waals surface area contributed by atoms with Crippen molar-refractivity contribution in [2.45, 2.75) is 46.3 Å². The van der Waals surface area contributed by atoms with Crippen LogP contribution in [0.5, 0.6) is 5.88 Å². The lowest BCUT2D eigenvalue weighted by molar-refractivity contribution is -0.123. The molecule has 1 saturated carbocycles. The van der Waals surface area contributed by atoms with E-state index in [1.807, 2.05) is 26.0 Å². The number of hydrogen-bond donors (Lipinski definition) is 2. The number of carbonyl (C=O) groups excluding carboxylic acids is 2. The van der Waals surface area contributed by atoms with E-state index in [4.69, 9.17) is 4.74 Å². The van der Waals surface area contributed by atoms with E-state index in [1.54, 1.807) is 6.20 Å². The van der Waals surface area contributed by atoms with Gasteiger partial charge < -0.3 is 15.4 Å². The predicted octanol–water partition coefficient (Wildman–Crippen LogP) is 1.65. The van der Waals surface area contributed by atoms with Crippen LogP contribution in [0.25, 0.3) is 0 Å². The molecule has 0 aliphatic heterocycles. The molecule has 0 aromatic carbocycles. The Morgan fingerprint density at radius 2 is 2.13 bits per heavy atom. The lowest BCUT2D eigenvalue weighted by Crippen LogP contribution is -2.31. The van der Waals surface area contributed by atoms with E-state index in [0.29, 0.717) is 24.9 Å². The van der Waals surface area contributed by atoms with Crippen molar-refractivity contribution in [1.29, 1.82) is 0 Å². The van der Waals surface area contributed by atoms with Gasteiger partial charge in [0.2, 0.25) is 17.7 Å². The molecule has 0 unspecified atom stereocenters. The van der Waals surface area contributed by atoms with Crippen molar-refractivity contribution in [3.63, 3.8) is 0 Å². The Kier molecular flexibility index (Phi) is 5.96. The largest absolute Gasteiger partial charge is 0.475 e. The Morgan fingerprint density at radius 3 is 2.78 bits per heavy atom. The second-order valence-corrected chi connectivity index (χ2v) is 6.27. The topological polar surface area (TPSA) is 80.3 Å². The van der Waals surface area contributed by atoms with Crippen molar-refractivity contribution < 1.29 is 14.3 Å². The average Bonchev–Trinajstić information content (AvgIpc) is 3.23. The molecule has 2 amide bonds. The first-order valence-corrected chi connectivity index (χ1v) is 8.12. The Morgan fingerprint density at radius 1 is 1.39 bits per heavy atom. The fourth-order valence-electron chi connectivity index (χ4n) is 2.29. The summed E-state index contributed by atoms with van der Waals surface area (Å²) in [4.78, 5) is 27.7. The summed E-state index contributed by atoms with van der Waals surface area (Å²) < 4.78 is 5.61. The molecule has 1 aromatic heterocycles. The van der Waals surface area contributed by atoms with Gasteiger partial charge in [0.05, 0.1) is 6.10 Å². The maximum Gasteiger partial charge on any atom is 0.223 e. The minimum atomic E-state index is -0.103. The highest BCUT2D eigenvalue weighted by Crippen LogP contribution is 2.37. The van der Waals surface area contributed by atoms with Crippen molar-refractivity contribution in [3.05, 3.63) is 23.9 Å². The van der Waals surface area contributed by atoms with Crippen LogP contribution < -0.4 is 15.4 Å². The zero-order chi connectivity index (χ0) is 16.8. The summed E-state index contributed by atoms with van der Waals surface area (Å²) in [5, 5.41) is 5.63. The number of hydrogen-bond acceptors (Lipinski definition) is 4. The molecule has 0 radical (unpaired) electrons. The quantitative estimate of drug-likeness (QED) is 0.763. The zero-order valence-electron chi connectivity index (χ0n) is 14.0. The summed E-state index contributed by atoms with van der Waals surface area (Å²) in [5.41, 5.74) is 0.838. The van der Waals surface area contributed by atoms with Crippen LogP contribution in [0.4, 0.5) is 0 Å². The van der Waals surface area contributed by atoms with E-state index in [1.165, 1.54) is 0 Å². The standard InChI is InChI=1S/C17H25N3O3/c1-11(2)23-17-13(5-4-7-19-17)10-20-15(21)6-8-18-16(22)14-9-12(14)3/h4-5,7,11-12,14H,6,8-10H2,1-3H3,(H,18,22)(H,20,21)/t12-,14-/m1/s1. The number of nitrogens with one attached hydrogen (secondary N) is 2. The number of rotatable bonds is 8. The number of pyridine rings is 1. The maximum absolute atomic E-state index is 11.9. The fourth-order valence-corrected chi connectivity index (χ4v) is 2.29. The highest BCUT2D eigenvalue weighted by atomic mass is 16.5. The van der Waals surface area contributed by atoms with Gasteiger partial charge in [0.15, 0.2) is 0 Å². The molecule has 2 atom stereocenters. The molecule has 2 rings (SSSR count). The molecule has 1 aliphatic carbocycles. The van der Waals surface area contributed by atoms with E-state index in [-0.39, 0.29) is 30.3 Å². The van der Waals surface area contributed by atoms with Crippen LogP contribution in [0.2, 0.25) is 0 Å². The van der Waals surface area contributed by atoms with Crippen LogP contribution in [0.3, 0.4) is 0 Å². The summed E-state index contributed by atoms with van der Waals surface area (Å²) in [6.07, 6.45) is 2.92. The first-order chi connectivity index (χ1) is 11.0. The fraction of sp³-hybridized carbons (Fsp3) is 0.588. The van der Waals surface area contributed by atoms with Gasteiger partial charge in [-0.3, -0.25) is 9.59 Å². The molecule has 1 heterocycles. The van der Waals surface area contributed by atoms with Gasteiger partial charge in [-0.15, -0.1) is 0 Å². The molecule has 0 spiro atoms. The minimum Gasteiger partial charge on any atom is -0.475 e. The third-order valence-corrected chi connectivity index (χ3v) is 3.77. The number of carbonyl (C=O) groups is 2. The summed E-state index contributed by atoms with van der Waals surface area (Å²) in [6, 6.07) is 3.69. The van der Waals surface area contributed by atoms with Crippen molar-refractivity contribution in [2.24, 2.45) is 11.8 Å². The Labute approximate surface area is 137 Å². The summed E-state index contributed by atoms with van der Waals surface area (Å²) in [5.74, 6) is 1.12. The SMILES string of the molecule is CC(C)Oc1ncccc1CNC(=O)CCNC(=O)[C@@H]1C[C@H]1C. The first kappa shape index (κ1) is 17.2. The summed E-state index contributed by atoms with van der Waals surface area (Å²) >= 11 is 0. The van der Waals surface area contributed by atoms with E-state index >= 15 is 0 Å². The van der Waals surface area contributed by atoms with E-state index < -0.39 is 0 Å². The van der Waals surface area contributed by atoms with Crippen LogP contribution in [0.1, 0.15) is 39.2 Å². The van der Waals surface area contributed by atoms with Crippen molar-refractivity contribution >= 4 is 11.8 Å². The van der Waals surface area contributed by atoms with Crippen LogP contribution in [0.15, 0.2) is 18.3 Å². The molecular formula is C17H25N3O3. The average molecular weight is 319 g/mol. The lowest BCUT2D eigenvalue weighted by Gasteiger charge is -2.13. The second kappa shape index (κ2) is 7.94. The highest BCUT2D eigenvalue weighted by Gasteiger charge is 2.38. The molecular weight excluding hydrogens is 294 g/mol. The maximum atomic E-state index is 11.9. The molecule has 1 aliphatic rings. The first-order valence-electron chi connectivity index (χ1n) is 8.12. The monoisotopic (exact) mass is 319 g/mol. The van der Waals surface area contributed by atoms with E-state index in [0.717, 1.165) is 12.0 Å². The molecule has 0 bridgehead atoms. The van der Waals surface area contributed by atoms with Gasteiger partial charge in [-0.2, -0.15) is 0 Å². The molecule has 6 heteroatoms. The number of amides is 2. The lowest BCUT2D eigenvalue weighted by atomic mass is 10.2.